The highest BCUT2D eigenvalue weighted by molar-refractivity contribution is 5.97. The monoisotopic (exact) mass is 431 g/mol. The Morgan fingerprint density at radius 3 is 2.45 bits per heavy atom. The fourth-order valence-electron chi connectivity index (χ4n) is 3.84. The molecule has 172 valence electrons. The first kappa shape index (κ1) is 24.9. The van der Waals surface area contributed by atoms with E-state index >= 15 is 0 Å². The molecule has 1 aliphatic heterocycles. The van der Waals surface area contributed by atoms with E-state index in [1.54, 1.807) is 13.2 Å². The summed E-state index contributed by atoms with van der Waals surface area (Å²) in [6.45, 7) is 10.1. The van der Waals surface area contributed by atoms with Gasteiger partial charge in [-0.05, 0) is 43.2 Å². The Bertz CT molecular complexity index is 764. The number of ether oxygens (including phenoxy) is 1. The van der Waals surface area contributed by atoms with Crippen LogP contribution >= 0.6 is 0 Å². The summed E-state index contributed by atoms with van der Waals surface area (Å²) in [7, 11) is 1.58. The van der Waals surface area contributed by atoms with Crippen LogP contribution in [0.15, 0.2) is 24.3 Å². The zero-order chi connectivity index (χ0) is 23.0. The minimum atomic E-state index is -0.648. The van der Waals surface area contributed by atoms with Gasteiger partial charge in [0.05, 0.1) is 6.61 Å². The quantitative estimate of drug-likeness (QED) is 0.619. The summed E-state index contributed by atoms with van der Waals surface area (Å²) in [6.07, 6.45) is 1.85. The summed E-state index contributed by atoms with van der Waals surface area (Å²) in [6, 6.07) is 6.66. The number of rotatable bonds is 8. The number of nitrogens with one attached hydrogen (secondary N) is 2. The lowest BCUT2D eigenvalue weighted by Crippen LogP contribution is -2.54. The van der Waals surface area contributed by atoms with Gasteiger partial charge in [-0.2, -0.15) is 0 Å². The molecule has 0 radical (unpaired) electrons. The fraction of sp³-hybridized carbons (Fsp3) is 0.625. The Morgan fingerprint density at radius 1 is 1.19 bits per heavy atom. The molecule has 31 heavy (non-hydrogen) atoms. The maximum absolute atomic E-state index is 12.9. The molecule has 1 unspecified atom stereocenters. The Hall–Kier alpha value is -2.41. The maximum Gasteiger partial charge on any atom is 0.251 e. The third-order valence-corrected chi connectivity index (χ3v) is 5.50. The van der Waals surface area contributed by atoms with Crippen LogP contribution in [-0.4, -0.2) is 62.0 Å². The number of carbonyl (C=O) groups is 3. The predicted molar refractivity (Wildman–Crippen MR) is 121 cm³/mol. The largest absolute Gasteiger partial charge is 0.383 e. The maximum atomic E-state index is 12.9. The highest BCUT2D eigenvalue weighted by Gasteiger charge is 2.34. The lowest BCUT2D eigenvalue weighted by atomic mass is 9.87. The SMILES string of the molecule is COCCNC(=O)C(NC(=O)c1cccc(C)c1)C1CCN(C(=O)CC(C)(C)C)CC1. The van der Waals surface area contributed by atoms with Gasteiger partial charge in [0.1, 0.15) is 6.04 Å². The van der Waals surface area contributed by atoms with Gasteiger partial charge in [0, 0.05) is 38.7 Å². The smallest absolute Gasteiger partial charge is 0.251 e. The van der Waals surface area contributed by atoms with Crippen LogP contribution in [-0.2, 0) is 14.3 Å². The molecule has 1 heterocycles. The van der Waals surface area contributed by atoms with Crippen molar-refractivity contribution in [3.8, 4) is 0 Å². The second-order valence-corrected chi connectivity index (χ2v) is 9.56. The van der Waals surface area contributed by atoms with Gasteiger partial charge < -0.3 is 20.3 Å². The molecular weight excluding hydrogens is 394 g/mol. The van der Waals surface area contributed by atoms with Gasteiger partial charge in [0.2, 0.25) is 11.8 Å². The highest BCUT2D eigenvalue weighted by Crippen LogP contribution is 2.25. The van der Waals surface area contributed by atoms with E-state index in [1.807, 2.05) is 30.0 Å². The lowest BCUT2D eigenvalue weighted by molar-refractivity contribution is -0.134. The van der Waals surface area contributed by atoms with Crippen molar-refractivity contribution in [2.75, 3.05) is 33.4 Å². The van der Waals surface area contributed by atoms with Crippen molar-refractivity contribution in [2.24, 2.45) is 11.3 Å². The third kappa shape index (κ3) is 7.98. The van der Waals surface area contributed by atoms with Gasteiger partial charge in [0.25, 0.3) is 5.91 Å². The third-order valence-electron chi connectivity index (χ3n) is 5.50. The first-order valence-corrected chi connectivity index (χ1v) is 11.0. The lowest BCUT2D eigenvalue weighted by Gasteiger charge is -2.36. The molecule has 0 aromatic heterocycles. The van der Waals surface area contributed by atoms with Crippen LogP contribution in [0, 0.1) is 18.3 Å². The zero-order valence-corrected chi connectivity index (χ0v) is 19.5. The van der Waals surface area contributed by atoms with Crippen molar-refractivity contribution in [1.82, 2.24) is 15.5 Å². The average molecular weight is 432 g/mol. The summed E-state index contributed by atoms with van der Waals surface area (Å²) >= 11 is 0. The summed E-state index contributed by atoms with van der Waals surface area (Å²) in [5.74, 6) is -0.356. The van der Waals surface area contributed by atoms with Crippen LogP contribution < -0.4 is 10.6 Å². The summed E-state index contributed by atoms with van der Waals surface area (Å²) in [4.78, 5) is 40.2. The molecule has 2 N–H and O–H groups in total. The number of piperidine rings is 1. The predicted octanol–water partition coefficient (Wildman–Crippen LogP) is 2.53. The number of carbonyl (C=O) groups excluding carboxylic acids is 3. The molecule has 7 heteroatoms. The minimum Gasteiger partial charge on any atom is -0.383 e. The molecule has 1 aromatic carbocycles. The van der Waals surface area contributed by atoms with E-state index in [9.17, 15) is 14.4 Å². The first-order chi connectivity index (χ1) is 14.6. The van der Waals surface area contributed by atoms with Crippen LogP contribution in [0.3, 0.4) is 0 Å². The van der Waals surface area contributed by atoms with Gasteiger partial charge in [-0.1, -0.05) is 38.5 Å². The molecule has 0 aliphatic carbocycles. The zero-order valence-electron chi connectivity index (χ0n) is 19.5. The van der Waals surface area contributed by atoms with Crippen molar-refractivity contribution < 1.29 is 19.1 Å². The number of methoxy groups -OCH3 is 1. The molecule has 1 atom stereocenters. The van der Waals surface area contributed by atoms with Crippen molar-refractivity contribution >= 4 is 17.7 Å². The summed E-state index contributed by atoms with van der Waals surface area (Å²) in [5.41, 5.74) is 1.46. The number of aryl methyl sites for hydroxylation is 1. The standard InChI is InChI=1S/C24H37N3O4/c1-17-7-6-8-19(15-17)22(29)26-21(23(30)25-11-14-31-5)18-9-12-27(13-10-18)20(28)16-24(2,3)4/h6-8,15,18,21H,9-14,16H2,1-5H3,(H,25,30)(H,26,29). The van der Waals surface area contributed by atoms with Crippen LogP contribution in [0.5, 0.6) is 0 Å². The molecular formula is C24H37N3O4. The molecule has 3 amide bonds. The molecule has 0 saturated carbocycles. The van der Waals surface area contributed by atoms with E-state index in [-0.39, 0.29) is 29.1 Å². The Kier molecular flexibility index (Phi) is 9.04. The van der Waals surface area contributed by atoms with Gasteiger partial charge in [-0.3, -0.25) is 14.4 Å². The van der Waals surface area contributed by atoms with Crippen molar-refractivity contribution in [3.05, 3.63) is 35.4 Å². The molecule has 2 rings (SSSR count). The molecule has 1 aromatic rings. The highest BCUT2D eigenvalue weighted by atomic mass is 16.5. The first-order valence-electron chi connectivity index (χ1n) is 11.0. The van der Waals surface area contributed by atoms with Gasteiger partial charge in [0.15, 0.2) is 0 Å². The molecule has 1 saturated heterocycles. The fourth-order valence-corrected chi connectivity index (χ4v) is 3.84. The number of benzene rings is 1. The Labute approximate surface area is 185 Å². The molecule has 0 spiro atoms. The van der Waals surface area contributed by atoms with E-state index in [2.05, 4.69) is 31.4 Å². The number of nitrogens with zero attached hydrogens (tertiary/aromatic N) is 1. The van der Waals surface area contributed by atoms with Gasteiger partial charge in [-0.15, -0.1) is 0 Å². The number of hydrogen-bond donors (Lipinski definition) is 2. The molecule has 0 bridgehead atoms. The number of likely N-dealkylation sites (tertiary alicyclic amines) is 1. The number of amides is 3. The number of hydrogen-bond acceptors (Lipinski definition) is 4. The van der Waals surface area contributed by atoms with Crippen LogP contribution in [0.4, 0.5) is 0 Å². The second-order valence-electron chi connectivity index (χ2n) is 9.56. The van der Waals surface area contributed by atoms with E-state index in [4.69, 9.17) is 4.74 Å². The van der Waals surface area contributed by atoms with Crippen LogP contribution in [0.2, 0.25) is 0 Å². The molecule has 1 aliphatic rings. The van der Waals surface area contributed by atoms with Gasteiger partial charge in [-0.25, -0.2) is 0 Å². The van der Waals surface area contributed by atoms with E-state index in [0.717, 1.165) is 5.56 Å². The Balaban J connectivity index is 2.06. The Morgan fingerprint density at radius 2 is 1.87 bits per heavy atom. The van der Waals surface area contributed by atoms with Crippen LogP contribution in [0.25, 0.3) is 0 Å². The van der Waals surface area contributed by atoms with Crippen molar-refractivity contribution in [2.45, 2.75) is 53.0 Å². The average Bonchev–Trinajstić information content (AvgIpc) is 2.71. The van der Waals surface area contributed by atoms with E-state index in [1.165, 1.54) is 0 Å². The van der Waals surface area contributed by atoms with Crippen molar-refractivity contribution in [3.63, 3.8) is 0 Å². The molecule has 7 nitrogen and oxygen atoms in total. The minimum absolute atomic E-state index is 0.0324. The summed E-state index contributed by atoms with van der Waals surface area (Å²) < 4.78 is 5.01. The normalized spacial score (nSPS) is 16.0. The van der Waals surface area contributed by atoms with Crippen molar-refractivity contribution in [1.29, 1.82) is 0 Å². The summed E-state index contributed by atoms with van der Waals surface area (Å²) in [5, 5.41) is 5.80. The topological polar surface area (TPSA) is 87.7 Å². The second kappa shape index (κ2) is 11.3. The van der Waals surface area contributed by atoms with E-state index < -0.39 is 6.04 Å². The van der Waals surface area contributed by atoms with Gasteiger partial charge >= 0.3 is 0 Å². The van der Waals surface area contributed by atoms with E-state index in [0.29, 0.717) is 51.1 Å². The molecule has 1 fully saturated rings. The van der Waals surface area contributed by atoms with Crippen LogP contribution in [0.1, 0.15) is 56.0 Å².